The minimum absolute atomic E-state index is 0.0404. The van der Waals surface area contributed by atoms with Crippen LogP contribution in [-0.4, -0.2) is 57.2 Å². The molecule has 1 saturated heterocycles. The van der Waals surface area contributed by atoms with Crippen LogP contribution in [0, 0.1) is 5.92 Å². The van der Waals surface area contributed by atoms with Crippen LogP contribution in [0.3, 0.4) is 0 Å². The molecule has 0 unspecified atom stereocenters. The van der Waals surface area contributed by atoms with Gasteiger partial charge in [-0.25, -0.2) is 0 Å². The molecule has 7 heteroatoms. The van der Waals surface area contributed by atoms with Gasteiger partial charge in [-0.15, -0.1) is 0 Å². The van der Waals surface area contributed by atoms with Crippen molar-refractivity contribution in [1.82, 2.24) is 9.88 Å². The molecule has 3 heterocycles. The number of ether oxygens (including phenoxy) is 1. The van der Waals surface area contributed by atoms with Gasteiger partial charge in [0.15, 0.2) is 17.6 Å². The minimum atomic E-state index is -0.963. The molecule has 2 fully saturated rings. The summed E-state index contributed by atoms with van der Waals surface area (Å²) in [5.74, 6) is 2.22. The lowest BCUT2D eigenvalue weighted by atomic mass is 9.49. The molecule has 1 saturated carbocycles. The largest absolute Gasteiger partial charge is 0.504 e. The van der Waals surface area contributed by atoms with Gasteiger partial charge in [0.05, 0.1) is 22.5 Å². The number of hydrogen-bond acceptors (Lipinski definition) is 5. The fraction of sp³-hybridized carbons (Fsp3) is 0.516. The van der Waals surface area contributed by atoms with Gasteiger partial charge in [0.1, 0.15) is 0 Å². The lowest BCUT2D eigenvalue weighted by Gasteiger charge is -2.62. The van der Waals surface area contributed by atoms with Crippen molar-refractivity contribution in [3.05, 3.63) is 58.3 Å². The molecule has 7 nitrogen and oxygen atoms in total. The molecule has 2 bridgehead atoms. The van der Waals surface area contributed by atoms with E-state index in [4.69, 9.17) is 10.5 Å². The minimum Gasteiger partial charge on any atom is -0.504 e. The first kappa shape index (κ1) is 22.9. The van der Waals surface area contributed by atoms with Crippen LogP contribution >= 0.6 is 0 Å². The number of aromatic nitrogens is 1. The van der Waals surface area contributed by atoms with Crippen LogP contribution in [0.2, 0.25) is 0 Å². The van der Waals surface area contributed by atoms with Crippen molar-refractivity contribution < 1.29 is 14.9 Å². The molecule has 8 rings (SSSR count). The number of hydrogen-bond donors (Lipinski definition) is 4. The number of aromatic amines is 1. The maximum Gasteiger partial charge on any atom is 0.166 e. The Morgan fingerprint density at radius 1 is 1.26 bits per heavy atom. The smallest absolute Gasteiger partial charge is 0.166 e. The highest BCUT2D eigenvalue weighted by Crippen LogP contribution is 2.69. The Hall–Kier alpha value is -3.03. The summed E-state index contributed by atoms with van der Waals surface area (Å²) in [5, 5.41) is 25.0. The first-order valence-electron chi connectivity index (χ1n) is 14.3. The molecule has 5 aliphatic rings. The van der Waals surface area contributed by atoms with E-state index in [2.05, 4.69) is 39.1 Å². The van der Waals surface area contributed by atoms with Crippen molar-refractivity contribution >= 4 is 16.7 Å². The highest BCUT2D eigenvalue weighted by molar-refractivity contribution is 5.87. The number of nitrogens with one attached hydrogen (secondary N) is 1. The number of phenolic OH excluding ortho intramolecular Hbond substituents is 1. The maximum absolute atomic E-state index is 13.0. The first-order chi connectivity index (χ1) is 18.4. The van der Waals surface area contributed by atoms with Crippen molar-refractivity contribution in [3.8, 4) is 11.5 Å². The summed E-state index contributed by atoms with van der Waals surface area (Å²) in [7, 11) is 0. The van der Waals surface area contributed by atoms with Crippen molar-refractivity contribution in [2.45, 2.75) is 75.0 Å². The molecule has 198 valence electrons. The van der Waals surface area contributed by atoms with Crippen molar-refractivity contribution in [2.75, 3.05) is 19.6 Å². The number of aliphatic imine (C=N–C) groups is 1. The van der Waals surface area contributed by atoms with Gasteiger partial charge in [-0.1, -0.05) is 19.1 Å². The summed E-state index contributed by atoms with van der Waals surface area (Å²) in [6.45, 7) is 4.72. The lowest BCUT2D eigenvalue weighted by molar-refractivity contribution is -0.173. The van der Waals surface area contributed by atoms with Crippen molar-refractivity contribution in [3.63, 3.8) is 0 Å². The molecule has 1 aromatic heterocycles. The number of aromatic hydroxyl groups is 1. The Morgan fingerprint density at radius 3 is 2.95 bits per heavy atom. The standard InChI is InChI=1S/C31H36N4O3/c1-2-25(32)33-11-9-17-5-7-22-20(13-17)21-15-31(37)24-14-19-6-8-23(36)28-26(19)30(31,29(38-28)27(21)34-22)10-12-35(24)16-18-3-4-18/h5-8,13,18,24,29,34,36-37H,2-4,9-12,14-16H2,1H3,(H2,32,33)/t24-,29+,30+,31-/m1/s1. The summed E-state index contributed by atoms with van der Waals surface area (Å²) >= 11 is 0. The molecular formula is C31H36N4O3. The monoisotopic (exact) mass is 512 g/mol. The fourth-order valence-electron chi connectivity index (χ4n) is 8.26. The summed E-state index contributed by atoms with van der Waals surface area (Å²) in [4.78, 5) is 10.8. The van der Waals surface area contributed by atoms with Crippen LogP contribution in [-0.2, 0) is 24.7 Å². The SMILES string of the molecule is CCC(N)=NCCc1ccc2[nH]c3c(c2c1)C[C@@]1(O)[C@H]2Cc4ccc(O)c5c4[C@@]1(CCN2CC1CC1)[C@H]3O5. The second kappa shape index (κ2) is 7.76. The third kappa shape index (κ3) is 2.89. The van der Waals surface area contributed by atoms with Gasteiger partial charge in [-0.2, -0.15) is 0 Å². The maximum atomic E-state index is 13.0. The van der Waals surface area contributed by atoms with Gasteiger partial charge in [0, 0.05) is 48.4 Å². The fourth-order valence-corrected chi connectivity index (χ4v) is 8.26. The van der Waals surface area contributed by atoms with E-state index in [1.165, 1.54) is 24.0 Å². The van der Waals surface area contributed by atoms with Gasteiger partial charge in [0.25, 0.3) is 0 Å². The Balaban J connectivity index is 1.27. The Labute approximate surface area is 222 Å². The van der Waals surface area contributed by atoms with Crippen molar-refractivity contribution in [1.29, 1.82) is 0 Å². The first-order valence-corrected chi connectivity index (χ1v) is 14.3. The second-order valence-corrected chi connectivity index (χ2v) is 12.3. The Bertz CT molecular complexity index is 1510. The Kier molecular flexibility index (Phi) is 4.68. The number of fused-ring (bicyclic) bond motifs is 4. The van der Waals surface area contributed by atoms with Crippen LogP contribution in [0.25, 0.3) is 10.9 Å². The van der Waals surface area contributed by atoms with Gasteiger partial charge < -0.3 is 25.7 Å². The zero-order valence-electron chi connectivity index (χ0n) is 22.0. The molecule has 0 radical (unpaired) electrons. The number of rotatable bonds is 6. The molecule has 3 aliphatic carbocycles. The van der Waals surface area contributed by atoms with Crippen LogP contribution in [0.1, 0.15) is 66.7 Å². The number of nitrogens with zero attached hydrogens (tertiary/aromatic N) is 2. The number of piperidine rings is 1. The Morgan fingerprint density at radius 2 is 2.13 bits per heavy atom. The van der Waals surface area contributed by atoms with E-state index in [9.17, 15) is 10.2 Å². The number of phenols is 1. The number of H-pyrrole nitrogens is 1. The normalized spacial score (nSPS) is 31.3. The van der Waals surface area contributed by atoms with E-state index >= 15 is 0 Å². The molecule has 0 amide bonds. The van der Waals surface area contributed by atoms with Gasteiger partial charge in [-0.05, 0) is 79.5 Å². The molecule has 38 heavy (non-hydrogen) atoms. The van der Waals surface area contributed by atoms with Crippen LogP contribution in [0.5, 0.6) is 11.5 Å². The third-order valence-corrected chi connectivity index (χ3v) is 10.3. The molecule has 1 spiro atoms. The van der Waals surface area contributed by atoms with E-state index in [-0.39, 0.29) is 17.9 Å². The number of amidine groups is 1. The van der Waals surface area contributed by atoms with Crippen LogP contribution < -0.4 is 10.5 Å². The molecule has 4 atom stereocenters. The van der Waals surface area contributed by atoms with Crippen LogP contribution in [0.4, 0.5) is 0 Å². The van der Waals surface area contributed by atoms with E-state index in [1.54, 1.807) is 6.07 Å². The highest BCUT2D eigenvalue weighted by Gasteiger charge is 2.72. The zero-order valence-corrected chi connectivity index (χ0v) is 22.0. The molecule has 2 aliphatic heterocycles. The summed E-state index contributed by atoms with van der Waals surface area (Å²) < 4.78 is 6.70. The van der Waals surface area contributed by atoms with E-state index in [1.807, 2.05) is 6.92 Å². The molecule has 2 aromatic carbocycles. The lowest BCUT2D eigenvalue weighted by Crippen LogP contribution is -2.74. The second-order valence-electron chi connectivity index (χ2n) is 12.3. The molecule has 5 N–H and O–H groups in total. The average molecular weight is 513 g/mol. The van der Waals surface area contributed by atoms with E-state index < -0.39 is 11.0 Å². The number of aliphatic hydroxyl groups is 1. The number of nitrogens with two attached hydrogens (primary N) is 1. The van der Waals surface area contributed by atoms with Gasteiger partial charge >= 0.3 is 0 Å². The van der Waals surface area contributed by atoms with E-state index in [0.717, 1.165) is 72.4 Å². The predicted molar refractivity (Wildman–Crippen MR) is 147 cm³/mol. The quantitative estimate of drug-likeness (QED) is 0.296. The highest BCUT2D eigenvalue weighted by atomic mass is 16.5. The number of likely N-dealkylation sites (tertiary alicyclic amines) is 1. The van der Waals surface area contributed by atoms with Gasteiger partial charge in [0.2, 0.25) is 0 Å². The summed E-state index contributed by atoms with van der Waals surface area (Å²) in [6.07, 6.45) is 6.07. The van der Waals surface area contributed by atoms with E-state index in [0.29, 0.717) is 24.6 Å². The predicted octanol–water partition coefficient (Wildman–Crippen LogP) is 3.88. The van der Waals surface area contributed by atoms with Crippen LogP contribution in [0.15, 0.2) is 35.3 Å². The molecular weight excluding hydrogens is 476 g/mol. The topological polar surface area (TPSA) is 107 Å². The molecule has 3 aromatic rings. The number of benzene rings is 2. The van der Waals surface area contributed by atoms with Gasteiger partial charge in [-0.3, -0.25) is 9.89 Å². The van der Waals surface area contributed by atoms with Crippen molar-refractivity contribution in [2.24, 2.45) is 16.6 Å². The summed E-state index contributed by atoms with van der Waals surface area (Å²) in [5.41, 5.74) is 11.2. The average Bonchev–Trinajstić information content (AvgIpc) is 3.55. The summed E-state index contributed by atoms with van der Waals surface area (Å²) in [6, 6.07) is 10.5. The zero-order chi connectivity index (χ0) is 25.8. The third-order valence-electron chi connectivity index (χ3n) is 10.3.